The molecule has 1 aliphatic heterocycles. The van der Waals surface area contributed by atoms with Crippen LogP contribution in [0.3, 0.4) is 0 Å². The molecule has 0 aromatic rings. The van der Waals surface area contributed by atoms with E-state index < -0.39 is 0 Å². The summed E-state index contributed by atoms with van der Waals surface area (Å²) in [6.45, 7) is 10.7. The summed E-state index contributed by atoms with van der Waals surface area (Å²) in [4.78, 5) is 2.64. The zero-order chi connectivity index (χ0) is 11.3. The molecule has 1 unspecified atom stereocenters. The van der Waals surface area contributed by atoms with Crippen molar-refractivity contribution in [3.8, 4) is 0 Å². The number of thioether (sulfide) groups is 1. The minimum atomic E-state index is 0.449. The highest BCUT2D eigenvalue weighted by Crippen LogP contribution is 2.30. The van der Waals surface area contributed by atoms with Crippen LogP contribution in [0.15, 0.2) is 0 Å². The van der Waals surface area contributed by atoms with E-state index in [4.69, 9.17) is 0 Å². The van der Waals surface area contributed by atoms with E-state index in [0.29, 0.717) is 5.41 Å². The minimum Gasteiger partial charge on any atom is -0.301 e. The Morgan fingerprint density at radius 3 is 2.53 bits per heavy atom. The van der Waals surface area contributed by atoms with Crippen molar-refractivity contribution in [3.05, 3.63) is 0 Å². The molecule has 1 atom stereocenters. The van der Waals surface area contributed by atoms with Gasteiger partial charge < -0.3 is 4.90 Å². The summed E-state index contributed by atoms with van der Waals surface area (Å²) in [6, 6.07) is 0. The lowest BCUT2D eigenvalue weighted by molar-refractivity contribution is 0.163. The molecule has 1 nitrogen and oxygen atoms in total. The van der Waals surface area contributed by atoms with Gasteiger partial charge in [-0.05, 0) is 24.0 Å². The Morgan fingerprint density at radius 1 is 1.40 bits per heavy atom. The Labute approximate surface area is 105 Å². The van der Waals surface area contributed by atoms with Gasteiger partial charge in [0.05, 0.1) is 0 Å². The van der Waals surface area contributed by atoms with E-state index in [-0.39, 0.29) is 0 Å². The van der Waals surface area contributed by atoms with Crippen LogP contribution >= 0.6 is 24.4 Å². The lowest BCUT2D eigenvalue weighted by Gasteiger charge is -2.39. The monoisotopic (exact) mass is 247 g/mol. The fourth-order valence-electron chi connectivity index (χ4n) is 2.26. The van der Waals surface area contributed by atoms with Crippen LogP contribution in [0.5, 0.6) is 0 Å². The zero-order valence-electron chi connectivity index (χ0n) is 10.3. The molecule has 0 saturated carbocycles. The van der Waals surface area contributed by atoms with Gasteiger partial charge in [-0.3, -0.25) is 0 Å². The van der Waals surface area contributed by atoms with Crippen LogP contribution in [0.2, 0.25) is 0 Å². The smallest absolute Gasteiger partial charge is 0.0147 e. The topological polar surface area (TPSA) is 3.24 Å². The van der Waals surface area contributed by atoms with Gasteiger partial charge in [0.2, 0.25) is 0 Å². The summed E-state index contributed by atoms with van der Waals surface area (Å²) in [5, 5.41) is 0.810. The van der Waals surface area contributed by atoms with Gasteiger partial charge in [-0.1, -0.05) is 20.8 Å². The van der Waals surface area contributed by atoms with Crippen molar-refractivity contribution in [1.82, 2.24) is 4.90 Å². The number of hydrogen-bond donors (Lipinski definition) is 1. The molecule has 0 amide bonds. The number of hydrogen-bond acceptors (Lipinski definition) is 3. The molecule has 1 aliphatic rings. The summed E-state index contributed by atoms with van der Waals surface area (Å²) in [5.74, 6) is 2.33. The first-order chi connectivity index (χ1) is 7.15. The van der Waals surface area contributed by atoms with Gasteiger partial charge in [-0.25, -0.2) is 0 Å². The maximum absolute atomic E-state index is 4.55. The van der Waals surface area contributed by atoms with E-state index in [1.165, 1.54) is 38.2 Å². The second-order valence-electron chi connectivity index (χ2n) is 4.78. The molecular weight excluding hydrogens is 222 g/mol. The first kappa shape index (κ1) is 13.7. The quantitative estimate of drug-likeness (QED) is 0.744. The molecule has 0 radical (unpaired) electrons. The van der Waals surface area contributed by atoms with Gasteiger partial charge in [0.1, 0.15) is 0 Å². The predicted octanol–water partition coefficient (Wildman–Crippen LogP) is 3.16. The van der Waals surface area contributed by atoms with Crippen molar-refractivity contribution in [2.24, 2.45) is 5.41 Å². The van der Waals surface area contributed by atoms with Crippen LogP contribution < -0.4 is 0 Å². The van der Waals surface area contributed by atoms with Gasteiger partial charge in [-0.2, -0.15) is 24.4 Å². The summed E-state index contributed by atoms with van der Waals surface area (Å²) in [5.41, 5.74) is 0.449. The molecule has 3 heteroatoms. The summed E-state index contributed by atoms with van der Waals surface area (Å²) >= 11 is 6.66. The molecule has 0 spiro atoms. The van der Waals surface area contributed by atoms with E-state index >= 15 is 0 Å². The predicted molar refractivity (Wildman–Crippen MR) is 75.2 cm³/mol. The first-order valence-electron chi connectivity index (χ1n) is 6.10. The first-order valence-corrected chi connectivity index (χ1v) is 7.78. The van der Waals surface area contributed by atoms with Gasteiger partial charge >= 0.3 is 0 Å². The van der Waals surface area contributed by atoms with Gasteiger partial charge in [0, 0.05) is 30.6 Å². The van der Waals surface area contributed by atoms with Crippen LogP contribution in [-0.4, -0.2) is 41.3 Å². The summed E-state index contributed by atoms with van der Waals surface area (Å²) in [6.07, 6.45) is 2.51. The molecule has 1 rings (SSSR count). The van der Waals surface area contributed by atoms with Gasteiger partial charge in [-0.15, -0.1) is 0 Å². The molecule has 0 aromatic carbocycles. The SMILES string of the molecule is CCC(CC)(CS)CN1CCSC(C)C1. The van der Waals surface area contributed by atoms with E-state index in [0.717, 1.165) is 11.0 Å². The Hall–Kier alpha value is 0.660. The second kappa shape index (κ2) is 6.41. The zero-order valence-corrected chi connectivity index (χ0v) is 12.0. The molecule has 0 aliphatic carbocycles. The van der Waals surface area contributed by atoms with Crippen molar-refractivity contribution >= 4 is 24.4 Å². The van der Waals surface area contributed by atoms with E-state index in [9.17, 15) is 0 Å². The van der Waals surface area contributed by atoms with Crippen LogP contribution in [0.25, 0.3) is 0 Å². The number of rotatable bonds is 5. The van der Waals surface area contributed by atoms with Crippen molar-refractivity contribution in [2.45, 2.75) is 38.9 Å². The molecule has 0 N–H and O–H groups in total. The van der Waals surface area contributed by atoms with E-state index in [1.807, 2.05) is 0 Å². The van der Waals surface area contributed by atoms with Crippen molar-refractivity contribution in [3.63, 3.8) is 0 Å². The van der Waals surface area contributed by atoms with Crippen LogP contribution in [0, 0.1) is 5.41 Å². The summed E-state index contributed by atoms with van der Waals surface area (Å²) in [7, 11) is 0. The molecule has 1 heterocycles. The van der Waals surface area contributed by atoms with Crippen LogP contribution in [-0.2, 0) is 0 Å². The van der Waals surface area contributed by atoms with Gasteiger partial charge in [0.25, 0.3) is 0 Å². The third-order valence-corrected chi connectivity index (χ3v) is 5.53. The maximum atomic E-state index is 4.55. The molecular formula is C12H25NS2. The number of nitrogens with zero attached hydrogens (tertiary/aromatic N) is 1. The molecule has 90 valence electrons. The average Bonchev–Trinajstić information content (AvgIpc) is 2.26. The fraction of sp³-hybridized carbons (Fsp3) is 1.00. The maximum Gasteiger partial charge on any atom is 0.0147 e. The Bertz CT molecular complexity index is 172. The van der Waals surface area contributed by atoms with Crippen LogP contribution in [0.4, 0.5) is 0 Å². The Kier molecular flexibility index (Phi) is 5.86. The molecule has 0 bridgehead atoms. The summed E-state index contributed by atoms with van der Waals surface area (Å²) < 4.78 is 0. The highest BCUT2D eigenvalue weighted by molar-refractivity contribution is 7.99. The molecule has 1 saturated heterocycles. The standard InChI is InChI=1S/C12H25NS2/c1-4-12(5-2,10-14)9-13-6-7-15-11(3)8-13/h11,14H,4-10H2,1-3H3. The number of thiol groups is 1. The van der Waals surface area contributed by atoms with E-state index in [2.05, 4.69) is 50.1 Å². The van der Waals surface area contributed by atoms with Crippen LogP contribution in [0.1, 0.15) is 33.6 Å². The Morgan fingerprint density at radius 2 is 2.07 bits per heavy atom. The van der Waals surface area contributed by atoms with Gasteiger partial charge in [0.15, 0.2) is 0 Å². The highest BCUT2D eigenvalue weighted by atomic mass is 32.2. The molecule has 0 aromatic heterocycles. The fourth-order valence-corrected chi connectivity index (χ4v) is 3.89. The van der Waals surface area contributed by atoms with Crippen molar-refractivity contribution in [1.29, 1.82) is 0 Å². The lowest BCUT2D eigenvalue weighted by Crippen LogP contribution is -2.44. The lowest BCUT2D eigenvalue weighted by atomic mass is 9.84. The Balaban J connectivity index is 2.49. The molecule has 15 heavy (non-hydrogen) atoms. The average molecular weight is 247 g/mol. The van der Waals surface area contributed by atoms with Crippen molar-refractivity contribution < 1.29 is 0 Å². The third-order valence-electron chi connectivity index (χ3n) is 3.72. The largest absolute Gasteiger partial charge is 0.301 e. The van der Waals surface area contributed by atoms with Crippen molar-refractivity contribution in [2.75, 3.05) is 31.1 Å². The second-order valence-corrected chi connectivity index (χ2v) is 6.64. The minimum absolute atomic E-state index is 0.449. The highest BCUT2D eigenvalue weighted by Gasteiger charge is 2.29. The molecule has 1 fully saturated rings. The normalized spacial score (nSPS) is 24.4. The third kappa shape index (κ3) is 3.86. The van der Waals surface area contributed by atoms with E-state index in [1.54, 1.807) is 0 Å².